The highest BCUT2D eigenvalue weighted by atomic mass is 16.7. The number of aliphatic hydroxyl groups excluding tert-OH is 16. The first-order valence-corrected chi connectivity index (χ1v) is 31.1. The van der Waals surface area contributed by atoms with E-state index in [1.165, 1.54) is 0 Å². The van der Waals surface area contributed by atoms with Crippen molar-refractivity contribution in [3.05, 3.63) is 143 Å². The van der Waals surface area contributed by atoms with E-state index < -0.39 is 149 Å². The molecule has 0 spiro atoms. The molecule has 0 radical (unpaired) electrons. The minimum atomic E-state index is -1.74. The van der Waals surface area contributed by atoms with Crippen molar-refractivity contribution in [3.63, 3.8) is 0 Å². The molecule has 7 aliphatic heterocycles. The lowest BCUT2D eigenvalue weighted by Crippen LogP contribution is -2.60. The second kappa shape index (κ2) is 27.9. The average molecular weight is 1330 g/mol. The van der Waals surface area contributed by atoms with Crippen LogP contribution < -0.4 is 18.9 Å². The van der Waals surface area contributed by atoms with Gasteiger partial charge in [0.2, 0.25) is 25.2 Å². The van der Waals surface area contributed by atoms with Crippen molar-refractivity contribution in [1.82, 2.24) is 19.9 Å². The summed E-state index contributed by atoms with van der Waals surface area (Å²) < 4.78 is 47.7. The first-order valence-electron chi connectivity index (χ1n) is 31.1. The number of aromatic nitrogens is 4. The van der Waals surface area contributed by atoms with Crippen LogP contribution >= 0.6 is 0 Å². The van der Waals surface area contributed by atoms with Crippen LogP contribution in [-0.4, -0.2) is 251 Å². The summed E-state index contributed by atoms with van der Waals surface area (Å²) in [5.74, 6) is 0.594. The van der Waals surface area contributed by atoms with E-state index in [1.54, 1.807) is 97.1 Å². The molecule has 0 unspecified atom stereocenters. The Morgan fingerprint density at radius 1 is 0.323 bits per heavy atom. The summed E-state index contributed by atoms with van der Waals surface area (Å²) in [6.07, 6.45) is -23.7. The number of aromatic amines is 2. The Bertz CT molecular complexity index is 3830. The molecular formula is C68H72N4O24. The van der Waals surface area contributed by atoms with Crippen molar-refractivity contribution in [2.75, 3.05) is 26.4 Å². The highest BCUT2D eigenvalue weighted by Crippen LogP contribution is 2.42. The zero-order valence-corrected chi connectivity index (χ0v) is 50.8. The highest BCUT2D eigenvalue weighted by Gasteiger charge is 2.48. The van der Waals surface area contributed by atoms with Gasteiger partial charge < -0.3 is 130 Å². The predicted molar refractivity (Wildman–Crippen MR) is 337 cm³/mol. The van der Waals surface area contributed by atoms with Crippen molar-refractivity contribution in [2.45, 2.75) is 136 Å². The number of H-pyrrole nitrogens is 2. The molecule has 508 valence electrons. The second-order valence-corrected chi connectivity index (χ2v) is 24.2. The molecule has 13 rings (SSSR count). The number of rotatable bonds is 16. The number of hydrogen-bond acceptors (Lipinski definition) is 26. The summed E-state index contributed by atoms with van der Waals surface area (Å²) in [7, 11) is 0. The standard InChI is InChI=1S/C68H72N4O24/c73-25-45-53(77)57(81)61(85)65(93-45)89-33-9-1-5-29(21-33)49-37-13-15-39(69-37)50(30-6-2-10-34(22-30)90-66-62(86)58(82)54(78)46(26-74)94-66)41-17-19-43(71-41)52(32-8-4-12-36(24-32)92-68-64(88)60(84)56(80)48(28-76)96-68)44-20-18-42(72-44)51(40-16-14-38(49)70-40)31-7-3-11-35(23-31)91-67-63(87)59(83)55(79)47(27-75)95-67/h1-17,19,21-24,45-48,53-69,72-88H,18,20,25-28H2/t45-,46-,47-,48-,53-,54-,55-,56-,57+,58+,59+,60+,61-,62-,63-,64-,65-,66-,67-,68-/m1/s1. The number of nitrogens with one attached hydrogen (secondary N) is 2. The van der Waals surface area contributed by atoms with Crippen molar-refractivity contribution >= 4 is 35.3 Å². The summed E-state index contributed by atoms with van der Waals surface area (Å²) in [6.45, 7) is -2.76. The molecule has 18 N–H and O–H groups in total. The van der Waals surface area contributed by atoms with E-state index in [2.05, 4.69) is 9.97 Å². The third-order valence-electron chi connectivity index (χ3n) is 18.0. The lowest BCUT2D eigenvalue weighted by molar-refractivity contribution is -0.277. The maximum Gasteiger partial charge on any atom is 0.229 e. The number of nitrogens with zero attached hydrogens (tertiary/aromatic N) is 2. The summed E-state index contributed by atoms with van der Waals surface area (Å²) in [4.78, 5) is 18.1. The molecule has 28 nitrogen and oxygen atoms in total. The molecule has 7 aliphatic rings. The first-order chi connectivity index (χ1) is 46.3. The number of aryl methyl sites for hydroxylation is 2. The van der Waals surface area contributed by atoms with Gasteiger partial charge in [-0.05, 0) is 120 Å². The first kappa shape index (κ1) is 66.7. The lowest BCUT2D eigenvalue weighted by atomic mass is 9.98. The number of benzene rings is 4. The fourth-order valence-corrected chi connectivity index (χ4v) is 12.8. The van der Waals surface area contributed by atoms with Crippen molar-refractivity contribution in [2.24, 2.45) is 0 Å². The van der Waals surface area contributed by atoms with Crippen molar-refractivity contribution in [3.8, 4) is 67.5 Å². The van der Waals surface area contributed by atoms with Gasteiger partial charge in [-0.3, -0.25) is 0 Å². The van der Waals surface area contributed by atoms with Gasteiger partial charge in [-0.25, -0.2) is 9.97 Å². The molecule has 28 heteroatoms. The maximum absolute atomic E-state index is 11.1. The molecule has 20 atom stereocenters. The monoisotopic (exact) mass is 1330 g/mol. The molecule has 96 heavy (non-hydrogen) atoms. The van der Waals surface area contributed by atoms with Gasteiger partial charge in [-0.1, -0.05) is 48.5 Å². The van der Waals surface area contributed by atoms with Crippen LogP contribution in [0.25, 0.3) is 79.8 Å². The van der Waals surface area contributed by atoms with Gasteiger partial charge in [-0.15, -0.1) is 0 Å². The maximum atomic E-state index is 11.1. The molecule has 0 saturated carbocycles. The van der Waals surface area contributed by atoms with Crippen LogP contribution in [-0.2, 0) is 31.8 Å². The Labute approximate surface area is 545 Å². The molecule has 8 bridgehead atoms. The van der Waals surface area contributed by atoms with Crippen LogP contribution in [0.5, 0.6) is 23.0 Å². The summed E-state index contributed by atoms with van der Waals surface area (Å²) in [5.41, 5.74) is 8.08. The zero-order chi connectivity index (χ0) is 67.4. The largest absolute Gasteiger partial charge is 0.462 e. The van der Waals surface area contributed by atoms with Gasteiger partial charge in [0.1, 0.15) is 121 Å². The molecule has 4 fully saturated rings. The van der Waals surface area contributed by atoms with Gasteiger partial charge in [0.05, 0.1) is 49.2 Å². The van der Waals surface area contributed by atoms with Crippen LogP contribution in [0, 0.1) is 0 Å². The number of ether oxygens (including phenoxy) is 8. The third-order valence-corrected chi connectivity index (χ3v) is 18.0. The molecule has 2 aromatic heterocycles. The van der Waals surface area contributed by atoms with Gasteiger partial charge in [0.15, 0.2) is 0 Å². The van der Waals surface area contributed by atoms with Crippen molar-refractivity contribution in [1.29, 1.82) is 0 Å². The van der Waals surface area contributed by atoms with E-state index in [9.17, 15) is 81.7 Å². The van der Waals surface area contributed by atoms with Crippen LogP contribution in [0.2, 0.25) is 0 Å². The predicted octanol–water partition coefficient (Wildman–Crippen LogP) is -0.454. The molecule has 0 aliphatic carbocycles. The van der Waals surface area contributed by atoms with E-state index >= 15 is 0 Å². The van der Waals surface area contributed by atoms with Crippen LogP contribution in [0.3, 0.4) is 0 Å². The van der Waals surface area contributed by atoms with E-state index in [0.717, 1.165) is 0 Å². The fourth-order valence-electron chi connectivity index (χ4n) is 12.8. The van der Waals surface area contributed by atoms with Crippen LogP contribution in [0.4, 0.5) is 0 Å². The summed E-state index contributed by atoms with van der Waals surface area (Å²) in [5, 5.41) is 169. The molecule has 6 aromatic rings. The number of fused-ring (bicyclic) bond motifs is 8. The summed E-state index contributed by atoms with van der Waals surface area (Å²) in [6, 6.07) is 30.6. The van der Waals surface area contributed by atoms with Gasteiger partial charge in [0.25, 0.3) is 0 Å². The Balaban J connectivity index is 1.03. The van der Waals surface area contributed by atoms with Crippen LogP contribution in [0.1, 0.15) is 34.2 Å². The number of aliphatic hydroxyl groups is 16. The summed E-state index contributed by atoms with van der Waals surface area (Å²) >= 11 is 0. The normalized spacial score (nSPS) is 31.6. The zero-order valence-electron chi connectivity index (χ0n) is 50.8. The highest BCUT2D eigenvalue weighted by molar-refractivity contribution is 5.97. The Hall–Kier alpha value is -7.86. The van der Waals surface area contributed by atoms with Gasteiger partial charge in [-0.2, -0.15) is 0 Å². The third kappa shape index (κ3) is 12.9. The molecule has 0 amide bonds. The van der Waals surface area contributed by atoms with Crippen LogP contribution in [0.15, 0.2) is 109 Å². The fraction of sp³-hybridized carbons (Fsp3) is 0.382. The van der Waals surface area contributed by atoms with Gasteiger partial charge in [0, 0.05) is 44.7 Å². The molecule has 9 heterocycles. The average Bonchev–Trinajstić information content (AvgIpc) is 1.58. The van der Waals surface area contributed by atoms with E-state index in [1.807, 2.05) is 36.4 Å². The second-order valence-electron chi connectivity index (χ2n) is 24.2. The smallest absolute Gasteiger partial charge is 0.229 e. The molecule has 4 saturated heterocycles. The Kier molecular flexibility index (Phi) is 19.4. The molecular weight excluding hydrogens is 1260 g/mol. The number of hydrogen-bond donors (Lipinski definition) is 18. The van der Waals surface area contributed by atoms with Crippen molar-refractivity contribution < 1.29 is 120 Å². The Morgan fingerprint density at radius 2 is 0.583 bits per heavy atom. The Morgan fingerprint density at radius 3 is 0.854 bits per heavy atom. The topological polar surface area (TPSA) is 455 Å². The lowest BCUT2D eigenvalue weighted by Gasteiger charge is -2.39. The SMILES string of the molecule is OC[C@H]1O[C@@H](Oc2cccc(-c3c4nc(c(-c5cccc(O[C@@H]6O[C@H](CO)[C@@H](O)[C@H](O)[C@H]6O)c5)c5ccc([nH]5)c(-c5cccc(O[C@@H]6O[C@H](CO)[C@@H](O)[C@H](O)[C@H]6O)c5)c5nc(c(-c6cccc(O[C@@H]7O[C@H](CO)[C@@H](O)[C@H](O)[C@H]7O)c6)c6[nH]c3CC6)C=C5)C=C4)c2)[C@H](O)[C@@H](O)[C@@H]1O. The van der Waals surface area contributed by atoms with E-state index in [0.29, 0.717) is 103 Å². The quantitative estimate of drug-likeness (QED) is 0.0582. The van der Waals surface area contributed by atoms with E-state index in [4.69, 9.17) is 47.9 Å². The van der Waals surface area contributed by atoms with Gasteiger partial charge >= 0.3 is 0 Å². The minimum absolute atomic E-state index is 0.141. The minimum Gasteiger partial charge on any atom is -0.462 e. The van der Waals surface area contributed by atoms with E-state index in [-0.39, 0.29) is 23.0 Å². The molecule has 4 aromatic carbocycles.